The molecule has 0 bridgehead atoms. The van der Waals surface area contributed by atoms with Gasteiger partial charge in [-0.3, -0.25) is 14.9 Å². The van der Waals surface area contributed by atoms with Crippen molar-refractivity contribution >= 4 is 40.5 Å². The Kier molecular flexibility index (Phi) is 6.86. The fourth-order valence-electron chi connectivity index (χ4n) is 3.19. The van der Waals surface area contributed by atoms with Crippen molar-refractivity contribution in [1.82, 2.24) is 9.97 Å². The Labute approximate surface area is 189 Å². The van der Waals surface area contributed by atoms with Gasteiger partial charge in [-0.2, -0.15) is 0 Å². The molecule has 1 aromatic carbocycles. The molecule has 10 nitrogen and oxygen atoms in total. The van der Waals surface area contributed by atoms with Gasteiger partial charge in [-0.15, -0.1) is 0 Å². The van der Waals surface area contributed by atoms with Gasteiger partial charge in [-0.05, 0) is 52.8 Å². The predicted octanol–water partition coefficient (Wildman–Crippen LogP) is 3.32. The number of anilines is 1. The molecule has 3 rings (SSSR count). The number of hydrogen-bond donors (Lipinski definition) is 1. The normalized spacial score (nSPS) is 10.7. The lowest BCUT2D eigenvalue weighted by molar-refractivity contribution is -0.119. The summed E-state index contributed by atoms with van der Waals surface area (Å²) in [5.74, 6) is -2.82. The van der Waals surface area contributed by atoms with Gasteiger partial charge in [0, 0.05) is 0 Å². The van der Waals surface area contributed by atoms with Crippen LogP contribution in [0.3, 0.4) is 0 Å². The first-order chi connectivity index (χ1) is 15.6. The SMILES string of the molecule is CCOC(=O)c1c(NC(=O)COC(=O)c2ccc3nc(C)c(C)nc3c2)oc(C)c1C(C)=O. The Morgan fingerprint density at radius 2 is 1.61 bits per heavy atom. The molecule has 0 fully saturated rings. The fourth-order valence-corrected chi connectivity index (χ4v) is 3.19. The van der Waals surface area contributed by atoms with Gasteiger partial charge in [-0.25, -0.2) is 19.6 Å². The zero-order chi connectivity index (χ0) is 24.3. The number of aryl methyl sites for hydroxylation is 3. The van der Waals surface area contributed by atoms with E-state index in [1.165, 1.54) is 26.0 Å². The highest BCUT2D eigenvalue weighted by atomic mass is 16.5. The first-order valence-corrected chi connectivity index (χ1v) is 10.2. The van der Waals surface area contributed by atoms with Crippen LogP contribution in [0.4, 0.5) is 5.88 Å². The van der Waals surface area contributed by atoms with E-state index in [0.29, 0.717) is 11.0 Å². The van der Waals surface area contributed by atoms with Gasteiger partial charge in [0.05, 0.1) is 40.2 Å². The highest BCUT2D eigenvalue weighted by Crippen LogP contribution is 2.28. The van der Waals surface area contributed by atoms with Crippen molar-refractivity contribution in [3.8, 4) is 0 Å². The average Bonchev–Trinajstić information content (AvgIpc) is 3.08. The number of ether oxygens (including phenoxy) is 2. The van der Waals surface area contributed by atoms with E-state index in [4.69, 9.17) is 13.9 Å². The van der Waals surface area contributed by atoms with Crippen LogP contribution in [0.1, 0.15) is 62.1 Å². The Bertz CT molecular complexity index is 1280. The molecule has 33 heavy (non-hydrogen) atoms. The van der Waals surface area contributed by atoms with Crippen LogP contribution in [0.2, 0.25) is 0 Å². The molecule has 2 aromatic heterocycles. The number of fused-ring (bicyclic) bond motifs is 1. The second-order valence-electron chi connectivity index (χ2n) is 7.24. The molecule has 0 saturated heterocycles. The third kappa shape index (κ3) is 5.05. The number of furan rings is 1. The van der Waals surface area contributed by atoms with Crippen molar-refractivity contribution in [3.63, 3.8) is 0 Å². The molecule has 0 spiro atoms. The minimum Gasteiger partial charge on any atom is -0.462 e. The number of amides is 1. The fraction of sp³-hybridized carbons (Fsp3) is 0.304. The molecule has 3 aromatic rings. The van der Waals surface area contributed by atoms with E-state index in [1.807, 2.05) is 13.8 Å². The Morgan fingerprint density at radius 1 is 0.939 bits per heavy atom. The molecule has 0 atom stereocenters. The maximum Gasteiger partial charge on any atom is 0.344 e. The number of Topliss-reactive ketones (excluding diaryl/α,β-unsaturated/α-hetero) is 1. The molecule has 0 aliphatic carbocycles. The summed E-state index contributed by atoms with van der Waals surface area (Å²) in [5, 5.41) is 2.36. The van der Waals surface area contributed by atoms with Crippen LogP contribution in [0, 0.1) is 20.8 Å². The van der Waals surface area contributed by atoms with Gasteiger partial charge in [0.1, 0.15) is 11.3 Å². The molecular formula is C23H23N3O7. The molecule has 0 aliphatic heterocycles. The quantitative estimate of drug-likeness (QED) is 0.422. The molecule has 0 saturated carbocycles. The maximum absolute atomic E-state index is 12.4. The largest absolute Gasteiger partial charge is 0.462 e. The summed E-state index contributed by atoms with van der Waals surface area (Å²) >= 11 is 0. The molecule has 1 amide bonds. The summed E-state index contributed by atoms with van der Waals surface area (Å²) in [7, 11) is 0. The number of benzene rings is 1. The number of carbonyl (C=O) groups excluding carboxylic acids is 4. The van der Waals surface area contributed by atoms with Crippen LogP contribution in [-0.4, -0.2) is 46.8 Å². The summed E-state index contributed by atoms with van der Waals surface area (Å²) in [6.45, 7) is 7.45. The van der Waals surface area contributed by atoms with Gasteiger partial charge in [-0.1, -0.05) is 0 Å². The van der Waals surface area contributed by atoms with Crippen molar-refractivity contribution in [1.29, 1.82) is 0 Å². The van der Waals surface area contributed by atoms with Crippen LogP contribution < -0.4 is 5.32 Å². The molecule has 0 unspecified atom stereocenters. The predicted molar refractivity (Wildman–Crippen MR) is 117 cm³/mol. The van der Waals surface area contributed by atoms with Gasteiger partial charge >= 0.3 is 11.9 Å². The smallest absolute Gasteiger partial charge is 0.344 e. The van der Waals surface area contributed by atoms with Crippen molar-refractivity contribution in [2.24, 2.45) is 0 Å². The highest BCUT2D eigenvalue weighted by molar-refractivity contribution is 6.11. The molecular weight excluding hydrogens is 430 g/mol. The summed E-state index contributed by atoms with van der Waals surface area (Å²) in [6, 6.07) is 4.70. The third-order valence-corrected chi connectivity index (χ3v) is 4.81. The van der Waals surface area contributed by atoms with Crippen LogP contribution in [-0.2, 0) is 14.3 Å². The van der Waals surface area contributed by atoms with Crippen LogP contribution in [0.15, 0.2) is 22.6 Å². The number of nitrogens with zero attached hydrogens (tertiary/aromatic N) is 2. The van der Waals surface area contributed by atoms with E-state index >= 15 is 0 Å². The van der Waals surface area contributed by atoms with Crippen molar-refractivity contribution in [2.45, 2.75) is 34.6 Å². The van der Waals surface area contributed by atoms with E-state index in [1.54, 1.807) is 13.0 Å². The van der Waals surface area contributed by atoms with Crippen LogP contribution in [0.5, 0.6) is 0 Å². The van der Waals surface area contributed by atoms with Gasteiger partial charge in [0.2, 0.25) is 5.88 Å². The molecule has 0 aliphatic rings. The highest BCUT2D eigenvalue weighted by Gasteiger charge is 2.29. The third-order valence-electron chi connectivity index (χ3n) is 4.81. The van der Waals surface area contributed by atoms with Gasteiger partial charge in [0.15, 0.2) is 12.4 Å². The Hall–Kier alpha value is -4.08. The first kappa shape index (κ1) is 23.6. The second kappa shape index (κ2) is 9.60. The van der Waals surface area contributed by atoms with E-state index in [2.05, 4.69) is 15.3 Å². The van der Waals surface area contributed by atoms with Crippen LogP contribution >= 0.6 is 0 Å². The van der Waals surface area contributed by atoms with Gasteiger partial charge < -0.3 is 13.9 Å². The lowest BCUT2D eigenvalue weighted by Gasteiger charge is -2.08. The summed E-state index contributed by atoms with van der Waals surface area (Å²) < 4.78 is 15.4. The Morgan fingerprint density at radius 3 is 2.24 bits per heavy atom. The zero-order valence-corrected chi connectivity index (χ0v) is 18.9. The lowest BCUT2D eigenvalue weighted by Crippen LogP contribution is -2.22. The molecule has 1 N–H and O–H groups in total. The van der Waals surface area contributed by atoms with Gasteiger partial charge in [0.25, 0.3) is 5.91 Å². The maximum atomic E-state index is 12.4. The Balaban J connectivity index is 1.73. The minimum absolute atomic E-state index is 0.0172. The number of esters is 2. The number of nitrogens with one attached hydrogen (secondary N) is 1. The number of ketones is 1. The first-order valence-electron chi connectivity index (χ1n) is 10.2. The molecule has 10 heteroatoms. The average molecular weight is 453 g/mol. The molecule has 2 heterocycles. The monoisotopic (exact) mass is 453 g/mol. The summed E-state index contributed by atoms with van der Waals surface area (Å²) in [4.78, 5) is 57.8. The van der Waals surface area contributed by atoms with Crippen molar-refractivity contribution in [2.75, 3.05) is 18.5 Å². The van der Waals surface area contributed by atoms with E-state index in [0.717, 1.165) is 11.4 Å². The molecule has 172 valence electrons. The van der Waals surface area contributed by atoms with E-state index in [9.17, 15) is 19.2 Å². The summed E-state index contributed by atoms with van der Waals surface area (Å²) in [5.41, 5.74) is 2.73. The number of aromatic nitrogens is 2. The van der Waals surface area contributed by atoms with Crippen molar-refractivity contribution < 1.29 is 33.1 Å². The number of carbonyl (C=O) groups is 4. The second-order valence-corrected chi connectivity index (χ2v) is 7.24. The zero-order valence-electron chi connectivity index (χ0n) is 18.9. The van der Waals surface area contributed by atoms with Crippen molar-refractivity contribution in [3.05, 3.63) is 52.0 Å². The molecule has 0 radical (unpaired) electrons. The summed E-state index contributed by atoms with van der Waals surface area (Å²) in [6.07, 6.45) is 0. The number of hydrogen-bond acceptors (Lipinski definition) is 9. The minimum atomic E-state index is -0.811. The standard InChI is InChI=1S/C23H23N3O7/c1-6-31-23(30)20-19(13(4)27)14(5)33-21(20)26-18(28)10-32-22(29)15-7-8-16-17(9-15)25-12(3)11(2)24-16/h7-9H,6,10H2,1-5H3,(H,26,28). The van der Waals surface area contributed by atoms with E-state index in [-0.39, 0.29) is 34.9 Å². The van der Waals surface area contributed by atoms with Crippen LogP contribution in [0.25, 0.3) is 11.0 Å². The van der Waals surface area contributed by atoms with E-state index < -0.39 is 30.2 Å². The lowest BCUT2D eigenvalue weighted by atomic mass is 10.1. The topological polar surface area (TPSA) is 138 Å². The number of rotatable bonds is 7.